The first-order chi connectivity index (χ1) is 4.57. The van der Waals surface area contributed by atoms with E-state index < -0.39 is 17.9 Å². The van der Waals surface area contributed by atoms with Gasteiger partial charge in [-0.2, -0.15) is 0 Å². The topological polar surface area (TPSA) is 95.2 Å². The molecule has 0 aromatic carbocycles. The monoisotopic (exact) mass is 449 g/mol. The van der Waals surface area contributed by atoms with E-state index in [0.29, 0.717) is 0 Å². The van der Waals surface area contributed by atoms with Crippen molar-refractivity contribution in [3.8, 4) is 0 Å². The third-order valence-corrected chi connectivity index (χ3v) is 0.916. The number of carbonyl (C=O) groups is 2. The van der Waals surface area contributed by atoms with Crippen molar-refractivity contribution in [2.45, 2.75) is 13.0 Å². The molecular formula is C5H9Cl2KN2O3Pt. The van der Waals surface area contributed by atoms with E-state index >= 15 is 0 Å². The molecule has 14 heavy (non-hydrogen) atoms. The molecule has 0 rings (SSSR count). The smallest absolute Gasteiger partial charge is 1.00 e. The average Bonchev–Trinajstić information content (AvgIpc) is 1.87. The Morgan fingerprint density at radius 1 is 1.43 bits per heavy atom. The summed E-state index contributed by atoms with van der Waals surface area (Å²) in [7, 11) is 0. The second-order valence-electron chi connectivity index (χ2n) is 1.81. The molecule has 0 aliphatic carbocycles. The number of carbonyl (C=O) groups excluding carboxylic acids is 2. The Labute approximate surface area is 152 Å². The Hall–Kier alpha value is 1.80. The van der Waals surface area contributed by atoms with E-state index in [-0.39, 0.29) is 104 Å². The van der Waals surface area contributed by atoms with Crippen LogP contribution < -0.4 is 92.4 Å². The van der Waals surface area contributed by atoms with Crippen molar-refractivity contribution < 1.29 is 112 Å². The van der Waals surface area contributed by atoms with Gasteiger partial charge in [0.1, 0.15) is 0 Å². The van der Waals surface area contributed by atoms with Gasteiger partial charge in [-0.25, -0.2) is 0 Å². The van der Waals surface area contributed by atoms with E-state index in [1.807, 2.05) is 0 Å². The Bertz CT molecular complexity index is 164. The molecule has 0 spiro atoms. The molecule has 9 heteroatoms. The number of carboxylic acids is 1. The van der Waals surface area contributed by atoms with Crippen LogP contribution in [0.3, 0.4) is 0 Å². The van der Waals surface area contributed by atoms with Gasteiger partial charge in [-0.05, 0) is 6.92 Å². The van der Waals surface area contributed by atoms with E-state index in [9.17, 15) is 14.7 Å². The minimum Gasteiger partial charge on any atom is -1.00 e. The fourth-order valence-corrected chi connectivity index (χ4v) is 0.359. The van der Waals surface area contributed by atoms with Gasteiger partial charge in [-0.1, -0.05) is 0 Å². The SMILES string of the molecule is C[C@H](NC(=O)CN)C(=O)[O-].[Cl-].[Cl-].[K+].[Pt+2]. The van der Waals surface area contributed by atoms with Crippen molar-refractivity contribution in [3.05, 3.63) is 0 Å². The molecule has 1 atom stereocenters. The summed E-state index contributed by atoms with van der Waals surface area (Å²) in [5, 5.41) is 12.1. The third-order valence-electron chi connectivity index (χ3n) is 0.916. The van der Waals surface area contributed by atoms with Crippen LogP contribution in [0.5, 0.6) is 0 Å². The summed E-state index contributed by atoms with van der Waals surface area (Å²) >= 11 is 0. The molecule has 0 saturated heterocycles. The largest absolute Gasteiger partial charge is 2.00 e. The normalized spacial score (nSPS) is 8.71. The van der Waals surface area contributed by atoms with Gasteiger partial charge in [-0.15, -0.1) is 0 Å². The van der Waals surface area contributed by atoms with Crippen LogP contribution in [0.1, 0.15) is 6.92 Å². The Kier molecular flexibility index (Phi) is 36.5. The minimum absolute atomic E-state index is 0. The number of amides is 1. The molecule has 82 valence electrons. The van der Waals surface area contributed by atoms with Crippen LogP contribution in [0.2, 0.25) is 0 Å². The molecule has 0 aliphatic rings. The van der Waals surface area contributed by atoms with Gasteiger partial charge in [0, 0.05) is 0 Å². The van der Waals surface area contributed by atoms with E-state index in [2.05, 4.69) is 5.32 Å². The molecule has 0 radical (unpaired) electrons. The zero-order valence-corrected chi connectivity index (χ0v) is 14.6. The van der Waals surface area contributed by atoms with E-state index in [0.717, 1.165) is 0 Å². The molecule has 1 amide bonds. The summed E-state index contributed by atoms with van der Waals surface area (Å²) in [6.45, 7) is 1.10. The van der Waals surface area contributed by atoms with Crippen LogP contribution in [-0.2, 0) is 30.7 Å². The van der Waals surface area contributed by atoms with Crippen LogP contribution in [0.15, 0.2) is 0 Å². The predicted octanol–water partition coefficient (Wildman–Crippen LogP) is -11.8. The molecule has 5 nitrogen and oxygen atoms in total. The van der Waals surface area contributed by atoms with Crippen molar-refractivity contribution in [2.75, 3.05) is 6.54 Å². The molecule has 0 aromatic heterocycles. The second kappa shape index (κ2) is 17.2. The Morgan fingerprint density at radius 2 is 1.79 bits per heavy atom. The zero-order chi connectivity index (χ0) is 8.15. The summed E-state index contributed by atoms with van der Waals surface area (Å²) in [6.07, 6.45) is 0. The zero-order valence-electron chi connectivity index (χ0n) is 7.66. The van der Waals surface area contributed by atoms with Crippen molar-refractivity contribution in [3.63, 3.8) is 0 Å². The first-order valence-electron chi connectivity index (χ1n) is 2.78. The number of aliphatic carboxylic acids is 1. The van der Waals surface area contributed by atoms with Gasteiger partial charge in [0.05, 0.1) is 18.6 Å². The van der Waals surface area contributed by atoms with Gasteiger partial charge in [0.2, 0.25) is 5.91 Å². The number of carboxylic acid groups (broad SMARTS) is 1. The van der Waals surface area contributed by atoms with Gasteiger partial charge in [0.15, 0.2) is 0 Å². The number of halogens is 2. The molecule has 0 unspecified atom stereocenters. The Balaban J connectivity index is -0.0000000675. The first kappa shape index (κ1) is 29.7. The van der Waals surface area contributed by atoms with Gasteiger partial charge in [-0.3, -0.25) is 4.79 Å². The predicted molar refractivity (Wildman–Crippen MR) is 31.7 cm³/mol. The fraction of sp³-hybridized carbons (Fsp3) is 0.600. The molecule has 0 heterocycles. The van der Waals surface area contributed by atoms with Crippen LogP contribution in [0.25, 0.3) is 0 Å². The minimum atomic E-state index is -1.32. The maximum atomic E-state index is 10.4. The number of nitrogens with two attached hydrogens (primary N) is 1. The number of rotatable bonds is 3. The van der Waals surface area contributed by atoms with Crippen molar-refractivity contribution in [1.29, 1.82) is 0 Å². The maximum absolute atomic E-state index is 10.4. The van der Waals surface area contributed by atoms with Gasteiger partial charge >= 0.3 is 72.4 Å². The van der Waals surface area contributed by atoms with Crippen molar-refractivity contribution in [2.24, 2.45) is 5.73 Å². The summed E-state index contributed by atoms with van der Waals surface area (Å²) in [4.78, 5) is 20.4. The summed E-state index contributed by atoms with van der Waals surface area (Å²) in [6, 6.07) is -0.976. The molecule has 0 aromatic rings. The Morgan fingerprint density at radius 3 is 2.00 bits per heavy atom. The van der Waals surface area contributed by atoms with Crippen LogP contribution in [-0.4, -0.2) is 24.5 Å². The fourth-order valence-electron chi connectivity index (χ4n) is 0.359. The summed E-state index contributed by atoms with van der Waals surface area (Å²) < 4.78 is 0. The second-order valence-corrected chi connectivity index (χ2v) is 1.81. The summed E-state index contributed by atoms with van der Waals surface area (Å²) in [5.41, 5.74) is 4.90. The van der Waals surface area contributed by atoms with Crippen molar-refractivity contribution >= 4 is 11.9 Å². The molecule has 0 bridgehead atoms. The van der Waals surface area contributed by atoms with E-state index in [4.69, 9.17) is 5.73 Å². The summed E-state index contributed by atoms with van der Waals surface area (Å²) in [5.74, 6) is -1.82. The molecular weight excluding hydrogens is 441 g/mol. The standard InChI is InChI=1S/C5H10N2O3.2ClH.K.Pt/c1-3(5(9)10)7-4(8)2-6;;;;/h3H,2,6H2,1H3,(H,7,8)(H,9,10);2*1H;;/q;;;+1;+2/p-3/t3-;;;;/m0..../s1. The van der Waals surface area contributed by atoms with Crippen LogP contribution in [0.4, 0.5) is 0 Å². The van der Waals surface area contributed by atoms with E-state index in [1.165, 1.54) is 6.92 Å². The van der Waals surface area contributed by atoms with E-state index in [1.54, 1.807) is 0 Å². The third kappa shape index (κ3) is 16.2. The number of hydrogen-bond donors (Lipinski definition) is 2. The maximum Gasteiger partial charge on any atom is 2.00 e. The number of nitrogens with one attached hydrogen (secondary N) is 1. The molecule has 0 fully saturated rings. The molecule has 0 saturated carbocycles. The van der Waals surface area contributed by atoms with Crippen molar-refractivity contribution in [1.82, 2.24) is 5.32 Å². The first-order valence-corrected chi connectivity index (χ1v) is 2.78. The number of hydrogen-bond acceptors (Lipinski definition) is 4. The van der Waals surface area contributed by atoms with Crippen LogP contribution in [0, 0.1) is 0 Å². The quantitative estimate of drug-likeness (QED) is 0.418. The molecule has 0 aliphatic heterocycles. The molecule has 3 N–H and O–H groups in total. The van der Waals surface area contributed by atoms with Gasteiger partial charge in [0.25, 0.3) is 0 Å². The van der Waals surface area contributed by atoms with Crippen LogP contribution >= 0.6 is 0 Å². The van der Waals surface area contributed by atoms with Gasteiger partial charge < -0.3 is 45.8 Å². The average molecular weight is 450 g/mol.